The number of aromatic amines is 1. The first-order valence-corrected chi connectivity index (χ1v) is 10.5. The van der Waals surface area contributed by atoms with E-state index >= 15 is 0 Å². The molecule has 0 spiro atoms. The van der Waals surface area contributed by atoms with Crippen LogP contribution < -0.4 is 0 Å². The second-order valence-corrected chi connectivity index (χ2v) is 8.24. The zero-order chi connectivity index (χ0) is 21.4. The smallest absolute Gasteiger partial charge is 0.308 e. The number of esters is 1. The number of fused-ring (bicyclic) bond motifs is 2. The van der Waals surface area contributed by atoms with Gasteiger partial charge in [-0.05, 0) is 32.8 Å². The predicted octanol–water partition coefficient (Wildman–Crippen LogP) is 3.16. The van der Waals surface area contributed by atoms with Gasteiger partial charge in [0.2, 0.25) is 17.6 Å². The molecule has 2 aliphatic rings. The molecular formula is C23H26N2O5. The Balaban J connectivity index is 1.37. The van der Waals surface area contributed by atoms with Gasteiger partial charge in [-0.2, -0.15) is 0 Å². The Morgan fingerprint density at radius 2 is 1.77 bits per heavy atom. The van der Waals surface area contributed by atoms with Gasteiger partial charge in [-0.25, -0.2) is 0 Å². The second kappa shape index (κ2) is 8.05. The highest BCUT2D eigenvalue weighted by Gasteiger charge is 2.47. The van der Waals surface area contributed by atoms with Crippen LogP contribution in [-0.2, 0) is 19.1 Å². The normalized spacial score (nSPS) is 22.3. The van der Waals surface area contributed by atoms with Crippen LogP contribution in [0.4, 0.5) is 0 Å². The average molecular weight is 410 g/mol. The highest BCUT2D eigenvalue weighted by Crippen LogP contribution is 2.38. The Morgan fingerprint density at radius 3 is 2.43 bits per heavy atom. The molecule has 1 saturated carbocycles. The van der Waals surface area contributed by atoms with Crippen molar-refractivity contribution in [3.63, 3.8) is 0 Å². The van der Waals surface area contributed by atoms with Gasteiger partial charge in [0.15, 0.2) is 6.10 Å². The monoisotopic (exact) mass is 410 g/mol. The van der Waals surface area contributed by atoms with E-state index in [1.54, 1.807) is 6.92 Å². The maximum absolute atomic E-state index is 12.9. The van der Waals surface area contributed by atoms with Crippen molar-refractivity contribution in [2.45, 2.75) is 52.1 Å². The lowest BCUT2D eigenvalue weighted by Gasteiger charge is -2.19. The first-order valence-electron chi connectivity index (χ1n) is 10.5. The van der Waals surface area contributed by atoms with Crippen molar-refractivity contribution in [2.75, 3.05) is 6.54 Å². The Labute approximate surface area is 174 Å². The van der Waals surface area contributed by atoms with Crippen molar-refractivity contribution in [3.8, 4) is 0 Å². The van der Waals surface area contributed by atoms with Crippen LogP contribution in [0.5, 0.6) is 0 Å². The fraction of sp³-hybridized carbons (Fsp3) is 0.478. The highest BCUT2D eigenvalue weighted by molar-refractivity contribution is 6.11. The number of aromatic nitrogens is 1. The molecule has 158 valence electrons. The van der Waals surface area contributed by atoms with Gasteiger partial charge in [0.05, 0.1) is 18.3 Å². The van der Waals surface area contributed by atoms with Crippen molar-refractivity contribution in [2.24, 2.45) is 11.8 Å². The van der Waals surface area contributed by atoms with E-state index in [4.69, 9.17) is 4.74 Å². The third kappa shape index (κ3) is 3.53. The summed E-state index contributed by atoms with van der Waals surface area (Å²) in [6.45, 7) is 3.37. The summed E-state index contributed by atoms with van der Waals surface area (Å²) in [4.78, 5) is 54.6. The zero-order valence-corrected chi connectivity index (χ0v) is 17.3. The Kier molecular flexibility index (Phi) is 5.45. The summed E-state index contributed by atoms with van der Waals surface area (Å²) in [6, 6.07) is 7.47. The number of likely N-dealkylation sites (tertiary alicyclic amines) is 1. The van der Waals surface area contributed by atoms with E-state index in [9.17, 15) is 19.2 Å². The van der Waals surface area contributed by atoms with Gasteiger partial charge in [0.1, 0.15) is 0 Å². The Bertz CT molecular complexity index is 1000. The quantitative estimate of drug-likeness (QED) is 0.448. The van der Waals surface area contributed by atoms with Crippen molar-refractivity contribution < 1.29 is 23.9 Å². The second-order valence-electron chi connectivity index (χ2n) is 8.24. The molecule has 1 aliphatic carbocycles. The zero-order valence-electron chi connectivity index (χ0n) is 17.3. The number of benzene rings is 1. The van der Waals surface area contributed by atoms with Gasteiger partial charge in [-0.3, -0.25) is 24.1 Å². The molecule has 1 saturated heterocycles. The molecule has 0 unspecified atom stereocenters. The molecule has 2 fully saturated rings. The Hall–Kier alpha value is -2.96. The first-order chi connectivity index (χ1) is 14.4. The SMILES string of the molecule is Cc1[nH]c2ccccc2c1C(=O)[C@H](C)OC(=O)CCN1C(=O)[C@H]2CCCC[C@H]2C1=O. The van der Waals surface area contributed by atoms with Gasteiger partial charge >= 0.3 is 5.97 Å². The molecule has 1 N–H and O–H groups in total. The molecule has 1 aromatic carbocycles. The van der Waals surface area contributed by atoms with Crippen molar-refractivity contribution >= 4 is 34.5 Å². The summed E-state index contributed by atoms with van der Waals surface area (Å²) < 4.78 is 5.34. The average Bonchev–Trinajstić information content (AvgIpc) is 3.19. The largest absolute Gasteiger partial charge is 0.454 e. The molecular weight excluding hydrogens is 384 g/mol. The summed E-state index contributed by atoms with van der Waals surface area (Å²) in [5, 5.41) is 0.791. The number of aryl methyl sites for hydroxylation is 1. The van der Waals surface area contributed by atoms with Gasteiger partial charge in [-0.1, -0.05) is 31.0 Å². The molecule has 3 atom stereocenters. The maximum atomic E-state index is 12.9. The molecule has 2 aromatic rings. The fourth-order valence-corrected chi connectivity index (χ4v) is 4.76. The molecule has 0 radical (unpaired) electrons. The predicted molar refractivity (Wildman–Crippen MR) is 110 cm³/mol. The minimum atomic E-state index is -0.956. The third-order valence-electron chi connectivity index (χ3n) is 6.29. The number of rotatable bonds is 6. The summed E-state index contributed by atoms with van der Waals surface area (Å²) in [5.74, 6) is -1.67. The summed E-state index contributed by atoms with van der Waals surface area (Å²) >= 11 is 0. The number of amides is 2. The van der Waals surface area contributed by atoms with Crippen LogP contribution >= 0.6 is 0 Å². The van der Waals surface area contributed by atoms with Crippen LogP contribution in [0.1, 0.15) is 55.1 Å². The maximum Gasteiger partial charge on any atom is 0.308 e. The highest BCUT2D eigenvalue weighted by atomic mass is 16.5. The number of para-hydroxylation sites is 1. The molecule has 7 nitrogen and oxygen atoms in total. The van der Waals surface area contributed by atoms with Crippen LogP contribution in [-0.4, -0.2) is 46.1 Å². The van der Waals surface area contributed by atoms with Crippen molar-refractivity contribution in [3.05, 3.63) is 35.5 Å². The number of ketones is 1. The van der Waals surface area contributed by atoms with E-state index in [1.807, 2.05) is 31.2 Å². The number of carbonyl (C=O) groups is 4. The molecule has 4 rings (SSSR count). The van der Waals surface area contributed by atoms with Crippen LogP contribution in [0.3, 0.4) is 0 Å². The third-order valence-corrected chi connectivity index (χ3v) is 6.29. The number of hydrogen-bond acceptors (Lipinski definition) is 5. The van der Waals surface area contributed by atoms with Gasteiger partial charge in [0, 0.05) is 28.7 Å². The van der Waals surface area contributed by atoms with E-state index < -0.39 is 12.1 Å². The number of imide groups is 1. The minimum Gasteiger partial charge on any atom is -0.454 e. The van der Waals surface area contributed by atoms with Crippen LogP contribution in [0.25, 0.3) is 10.9 Å². The van der Waals surface area contributed by atoms with Crippen LogP contribution in [0.15, 0.2) is 24.3 Å². The van der Waals surface area contributed by atoms with E-state index in [2.05, 4.69) is 4.98 Å². The van der Waals surface area contributed by atoms with Crippen LogP contribution in [0, 0.1) is 18.8 Å². The lowest BCUT2D eigenvalue weighted by atomic mass is 9.81. The lowest BCUT2D eigenvalue weighted by Crippen LogP contribution is -2.34. The van der Waals surface area contributed by atoms with E-state index in [0.29, 0.717) is 5.56 Å². The number of nitrogens with zero attached hydrogens (tertiary/aromatic N) is 1. The number of hydrogen-bond donors (Lipinski definition) is 1. The standard InChI is InChI=1S/C23H26N2O5/c1-13-20(17-9-5-6-10-18(17)24-13)21(27)14(2)30-19(26)11-12-25-22(28)15-7-3-4-8-16(15)23(25)29/h5-6,9-10,14-16,24H,3-4,7-8,11-12H2,1-2H3/t14-,15-,16+/m0/s1. The van der Waals surface area contributed by atoms with Crippen molar-refractivity contribution in [1.82, 2.24) is 9.88 Å². The molecule has 2 amide bonds. The van der Waals surface area contributed by atoms with Gasteiger partial charge in [-0.15, -0.1) is 0 Å². The van der Waals surface area contributed by atoms with Crippen molar-refractivity contribution in [1.29, 1.82) is 0 Å². The summed E-state index contributed by atoms with van der Waals surface area (Å²) in [6.07, 6.45) is 2.34. The van der Waals surface area contributed by atoms with E-state index in [-0.39, 0.29) is 42.4 Å². The van der Waals surface area contributed by atoms with E-state index in [0.717, 1.165) is 42.3 Å². The number of H-pyrrole nitrogens is 1. The molecule has 1 aromatic heterocycles. The topological polar surface area (TPSA) is 96.5 Å². The number of ether oxygens (including phenoxy) is 1. The molecule has 7 heteroatoms. The number of carbonyl (C=O) groups excluding carboxylic acids is 4. The summed E-state index contributed by atoms with van der Waals surface area (Å²) in [5.41, 5.74) is 2.09. The molecule has 30 heavy (non-hydrogen) atoms. The number of Topliss-reactive ketones (excluding diaryl/α,β-unsaturated/α-hetero) is 1. The van der Waals surface area contributed by atoms with Gasteiger partial charge < -0.3 is 9.72 Å². The molecule has 2 heterocycles. The van der Waals surface area contributed by atoms with Gasteiger partial charge in [0.25, 0.3) is 0 Å². The minimum absolute atomic E-state index is 0.0104. The lowest BCUT2D eigenvalue weighted by molar-refractivity contribution is -0.147. The molecule has 1 aliphatic heterocycles. The first kappa shape index (κ1) is 20.3. The van der Waals surface area contributed by atoms with Crippen LogP contribution in [0.2, 0.25) is 0 Å². The number of nitrogens with one attached hydrogen (secondary N) is 1. The summed E-state index contributed by atoms with van der Waals surface area (Å²) in [7, 11) is 0. The fourth-order valence-electron chi connectivity index (χ4n) is 4.76. The Morgan fingerprint density at radius 1 is 1.13 bits per heavy atom. The molecule has 0 bridgehead atoms. The van der Waals surface area contributed by atoms with E-state index in [1.165, 1.54) is 4.90 Å².